The van der Waals surface area contributed by atoms with E-state index in [1.165, 1.54) is 11.1 Å². The van der Waals surface area contributed by atoms with Gasteiger partial charge in [-0.3, -0.25) is 4.79 Å². The Kier molecular flexibility index (Phi) is 10.1. The summed E-state index contributed by atoms with van der Waals surface area (Å²) in [5, 5.41) is 6.70. The zero-order valence-corrected chi connectivity index (χ0v) is 19.2. The zero-order chi connectivity index (χ0) is 19.0. The van der Waals surface area contributed by atoms with E-state index in [0.717, 1.165) is 39.1 Å². The summed E-state index contributed by atoms with van der Waals surface area (Å²) in [5.74, 6) is 0.670. The highest BCUT2D eigenvalue weighted by molar-refractivity contribution is 14.0. The van der Waals surface area contributed by atoms with Gasteiger partial charge in [-0.25, -0.2) is 4.99 Å². The van der Waals surface area contributed by atoms with Crippen LogP contribution < -0.4 is 10.6 Å². The third-order valence-corrected chi connectivity index (χ3v) is 4.98. The highest BCUT2D eigenvalue weighted by atomic mass is 127. The normalized spacial score (nSPS) is 16.2. The minimum Gasteiger partial charge on any atom is -0.381 e. The molecule has 0 radical (unpaired) electrons. The highest BCUT2D eigenvalue weighted by Crippen LogP contribution is 2.36. The average molecular weight is 488 g/mol. The second-order valence-electron chi connectivity index (χ2n) is 7.04. The van der Waals surface area contributed by atoms with E-state index in [2.05, 4.69) is 46.8 Å². The first-order chi connectivity index (χ1) is 12.5. The minimum atomic E-state index is -0.0121. The fourth-order valence-electron chi connectivity index (χ4n) is 3.35. The van der Waals surface area contributed by atoms with Crippen molar-refractivity contribution in [2.75, 3.05) is 46.9 Å². The number of rotatable bonds is 6. The van der Waals surface area contributed by atoms with Gasteiger partial charge in [0.05, 0.1) is 0 Å². The van der Waals surface area contributed by atoms with Crippen LogP contribution in [0.1, 0.15) is 30.9 Å². The number of nitrogens with one attached hydrogen (secondary N) is 2. The second kappa shape index (κ2) is 11.5. The van der Waals surface area contributed by atoms with Crippen LogP contribution in [-0.4, -0.2) is 63.7 Å². The molecule has 7 heteroatoms. The van der Waals surface area contributed by atoms with E-state index in [1.54, 1.807) is 19.0 Å². The lowest BCUT2D eigenvalue weighted by Crippen LogP contribution is -2.48. The van der Waals surface area contributed by atoms with Crippen LogP contribution in [0.15, 0.2) is 29.3 Å². The van der Waals surface area contributed by atoms with Crippen molar-refractivity contribution >= 4 is 35.8 Å². The van der Waals surface area contributed by atoms with Crippen molar-refractivity contribution in [3.8, 4) is 0 Å². The molecule has 1 aliphatic rings. The number of nitrogens with zero attached hydrogens (tertiary/aromatic N) is 2. The lowest BCUT2D eigenvalue weighted by Gasteiger charge is -2.39. The molecule has 27 heavy (non-hydrogen) atoms. The molecule has 0 saturated carbocycles. The van der Waals surface area contributed by atoms with Crippen molar-refractivity contribution in [1.29, 1.82) is 0 Å². The predicted molar refractivity (Wildman–Crippen MR) is 121 cm³/mol. The molecule has 1 aromatic rings. The molecule has 0 aromatic heterocycles. The molecule has 6 nitrogen and oxygen atoms in total. The van der Waals surface area contributed by atoms with Gasteiger partial charge in [0.2, 0.25) is 5.91 Å². The van der Waals surface area contributed by atoms with Crippen LogP contribution in [-0.2, 0) is 14.9 Å². The molecule has 0 unspecified atom stereocenters. The van der Waals surface area contributed by atoms with Crippen LogP contribution in [0.25, 0.3) is 0 Å². The standard InChI is InChI=1S/C20H32N4O2.HI/c1-5-21-19(22-14-18(25)24(3)4)23-15-20(10-12-26-13-11-20)17-9-7-6-8-16(17)2;/h6-9H,5,10-15H2,1-4H3,(H2,21,22,23);1H. The maximum atomic E-state index is 11.8. The quantitative estimate of drug-likeness (QED) is 0.367. The molecule has 1 aliphatic heterocycles. The molecule has 1 saturated heterocycles. The number of hydrogen-bond donors (Lipinski definition) is 2. The molecule has 1 amide bonds. The first kappa shape index (κ1) is 23.7. The number of halogens is 1. The number of ether oxygens (including phenoxy) is 1. The average Bonchev–Trinajstić information content (AvgIpc) is 2.64. The smallest absolute Gasteiger partial charge is 0.243 e. The van der Waals surface area contributed by atoms with E-state index in [0.29, 0.717) is 5.96 Å². The monoisotopic (exact) mass is 488 g/mol. The van der Waals surface area contributed by atoms with Gasteiger partial charge in [-0.05, 0) is 37.8 Å². The SMILES string of the molecule is CCNC(=NCC(=O)N(C)C)NCC1(c2ccccc2C)CCOCC1.I. The Bertz CT molecular complexity index is 628. The van der Waals surface area contributed by atoms with E-state index in [1.807, 2.05) is 6.92 Å². The Hall–Kier alpha value is -1.35. The summed E-state index contributed by atoms with van der Waals surface area (Å²) in [4.78, 5) is 17.8. The fourth-order valence-corrected chi connectivity index (χ4v) is 3.35. The summed E-state index contributed by atoms with van der Waals surface area (Å²) in [6, 6.07) is 8.58. The lowest BCUT2D eigenvalue weighted by atomic mass is 9.72. The van der Waals surface area contributed by atoms with Crippen LogP contribution in [0, 0.1) is 6.92 Å². The van der Waals surface area contributed by atoms with Gasteiger partial charge in [0.1, 0.15) is 6.54 Å². The highest BCUT2D eigenvalue weighted by Gasteiger charge is 2.35. The van der Waals surface area contributed by atoms with E-state index in [-0.39, 0.29) is 41.8 Å². The number of carbonyl (C=O) groups excluding carboxylic acids is 1. The van der Waals surface area contributed by atoms with Crippen molar-refractivity contribution in [3.05, 3.63) is 35.4 Å². The lowest BCUT2D eigenvalue weighted by molar-refractivity contribution is -0.127. The first-order valence-electron chi connectivity index (χ1n) is 9.35. The molecule has 2 rings (SSSR count). The molecular weight excluding hydrogens is 455 g/mol. The summed E-state index contributed by atoms with van der Waals surface area (Å²) >= 11 is 0. The molecule has 0 spiro atoms. The topological polar surface area (TPSA) is 66.0 Å². The third kappa shape index (κ3) is 6.64. The van der Waals surface area contributed by atoms with Gasteiger partial charge in [0.15, 0.2) is 5.96 Å². The number of guanidine groups is 1. The molecule has 0 atom stereocenters. The summed E-state index contributed by atoms with van der Waals surface area (Å²) in [6.07, 6.45) is 1.95. The maximum absolute atomic E-state index is 11.8. The van der Waals surface area contributed by atoms with Crippen LogP contribution in [0.2, 0.25) is 0 Å². The van der Waals surface area contributed by atoms with E-state index in [4.69, 9.17) is 4.74 Å². The van der Waals surface area contributed by atoms with Crippen LogP contribution >= 0.6 is 24.0 Å². The molecular formula is C20H33IN4O2. The van der Waals surface area contributed by atoms with Crippen LogP contribution in [0.4, 0.5) is 0 Å². The van der Waals surface area contributed by atoms with Gasteiger partial charge in [0, 0.05) is 45.8 Å². The van der Waals surface area contributed by atoms with Gasteiger partial charge in [0.25, 0.3) is 0 Å². The maximum Gasteiger partial charge on any atom is 0.243 e. The molecule has 152 valence electrons. The van der Waals surface area contributed by atoms with Crippen LogP contribution in [0.3, 0.4) is 0 Å². The van der Waals surface area contributed by atoms with Crippen molar-refractivity contribution in [2.24, 2.45) is 4.99 Å². The summed E-state index contributed by atoms with van der Waals surface area (Å²) in [6.45, 7) is 7.39. The van der Waals surface area contributed by atoms with Gasteiger partial charge in [-0.15, -0.1) is 24.0 Å². The number of benzene rings is 1. The Morgan fingerprint density at radius 2 is 1.89 bits per heavy atom. The Morgan fingerprint density at radius 3 is 2.48 bits per heavy atom. The molecule has 0 bridgehead atoms. The third-order valence-electron chi connectivity index (χ3n) is 4.98. The zero-order valence-electron chi connectivity index (χ0n) is 16.9. The Labute approximate surface area is 180 Å². The Morgan fingerprint density at radius 1 is 1.22 bits per heavy atom. The molecule has 1 heterocycles. The molecule has 1 aromatic carbocycles. The van der Waals surface area contributed by atoms with Gasteiger partial charge in [-0.2, -0.15) is 0 Å². The number of aryl methyl sites for hydroxylation is 1. The van der Waals surface area contributed by atoms with E-state index < -0.39 is 0 Å². The molecule has 2 N–H and O–H groups in total. The van der Waals surface area contributed by atoms with Gasteiger partial charge >= 0.3 is 0 Å². The van der Waals surface area contributed by atoms with Gasteiger partial charge < -0.3 is 20.3 Å². The summed E-state index contributed by atoms with van der Waals surface area (Å²) < 4.78 is 5.62. The second-order valence-corrected chi connectivity index (χ2v) is 7.04. The number of aliphatic imine (C=N–C) groups is 1. The first-order valence-corrected chi connectivity index (χ1v) is 9.35. The van der Waals surface area contributed by atoms with Crippen molar-refractivity contribution in [2.45, 2.75) is 32.1 Å². The van der Waals surface area contributed by atoms with Crippen molar-refractivity contribution in [3.63, 3.8) is 0 Å². The largest absolute Gasteiger partial charge is 0.381 e. The number of likely N-dealkylation sites (N-methyl/N-ethyl adjacent to an activating group) is 1. The van der Waals surface area contributed by atoms with E-state index >= 15 is 0 Å². The Balaban J connectivity index is 0.00000364. The predicted octanol–water partition coefficient (Wildman–Crippen LogP) is 2.30. The minimum absolute atomic E-state index is 0. The number of hydrogen-bond acceptors (Lipinski definition) is 3. The van der Waals surface area contributed by atoms with Gasteiger partial charge in [-0.1, -0.05) is 24.3 Å². The fraction of sp³-hybridized carbons (Fsp3) is 0.600. The van der Waals surface area contributed by atoms with Crippen molar-refractivity contribution < 1.29 is 9.53 Å². The number of carbonyl (C=O) groups is 1. The van der Waals surface area contributed by atoms with Crippen molar-refractivity contribution in [1.82, 2.24) is 15.5 Å². The molecule has 1 fully saturated rings. The van der Waals surface area contributed by atoms with E-state index in [9.17, 15) is 4.79 Å². The number of amides is 1. The summed E-state index contributed by atoms with van der Waals surface area (Å²) in [7, 11) is 3.49. The van der Waals surface area contributed by atoms with Crippen LogP contribution in [0.5, 0.6) is 0 Å². The summed E-state index contributed by atoms with van der Waals surface area (Å²) in [5.41, 5.74) is 2.70. The molecule has 0 aliphatic carbocycles.